The number of nitrogens with one attached hydrogen (secondary N) is 1. The summed E-state index contributed by atoms with van der Waals surface area (Å²) in [5.41, 5.74) is 1.14. The van der Waals surface area contributed by atoms with Crippen LogP contribution < -0.4 is 5.32 Å². The molecule has 0 saturated carbocycles. The Kier molecular flexibility index (Phi) is 4.07. The van der Waals surface area contributed by atoms with E-state index >= 15 is 0 Å². The van der Waals surface area contributed by atoms with Crippen LogP contribution in [0.4, 0.5) is 0 Å². The second-order valence-corrected chi connectivity index (χ2v) is 5.49. The van der Waals surface area contributed by atoms with Gasteiger partial charge >= 0.3 is 0 Å². The fraction of sp³-hybridized carbons (Fsp3) is 0.263. The molecule has 0 bridgehead atoms. The van der Waals surface area contributed by atoms with Crippen molar-refractivity contribution in [2.24, 2.45) is 0 Å². The van der Waals surface area contributed by atoms with Crippen molar-refractivity contribution in [2.75, 3.05) is 6.54 Å². The van der Waals surface area contributed by atoms with E-state index in [-0.39, 0.29) is 0 Å². The zero-order valence-electron chi connectivity index (χ0n) is 12.6. The highest BCUT2D eigenvalue weighted by atomic mass is 16.3. The van der Waals surface area contributed by atoms with Gasteiger partial charge in [-0.2, -0.15) is 0 Å². The van der Waals surface area contributed by atoms with Gasteiger partial charge in [-0.15, -0.1) is 0 Å². The molecule has 1 aromatic heterocycles. The highest BCUT2D eigenvalue weighted by molar-refractivity contribution is 5.86. The van der Waals surface area contributed by atoms with Gasteiger partial charge in [0.15, 0.2) is 0 Å². The Bertz CT molecular complexity index is 729. The zero-order valence-corrected chi connectivity index (χ0v) is 12.6. The predicted molar refractivity (Wildman–Crippen MR) is 88.5 cm³/mol. The summed E-state index contributed by atoms with van der Waals surface area (Å²) >= 11 is 0. The third-order valence-electron chi connectivity index (χ3n) is 3.76. The predicted octanol–water partition coefficient (Wildman–Crippen LogP) is 4.64. The van der Waals surface area contributed by atoms with E-state index in [1.807, 2.05) is 0 Å². The molecule has 1 N–H and O–H groups in total. The van der Waals surface area contributed by atoms with Crippen molar-refractivity contribution in [3.05, 3.63) is 60.4 Å². The second-order valence-electron chi connectivity index (χ2n) is 5.49. The molecule has 1 unspecified atom stereocenters. The Labute approximate surface area is 125 Å². The summed E-state index contributed by atoms with van der Waals surface area (Å²) < 4.78 is 6.00. The number of hydrogen-bond donors (Lipinski definition) is 1. The Morgan fingerprint density at radius 2 is 1.81 bits per heavy atom. The highest BCUT2D eigenvalue weighted by Crippen LogP contribution is 2.26. The zero-order chi connectivity index (χ0) is 14.7. The van der Waals surface area contributed by atoms with E-state index in [4.69, 9.17) is 4.42 Å². The van der Waals surface area contributed by atoms with Crippen molar-refractivity contribution >= 4 is 10.8 Å². The summed E-state index contributed by atoms with van der Waals surface area (Å²) in [6.45, 7) is 5.29. The quantitative estimate of drug-likeness (QED) is 0.736. The van der Waals surface area contributed by atoms with E-state index in [0.29, 0.717) is 6.04 Å². The van der Waals surface area contributed by atoms with Crippen molar-refractivity contribution < 1.29 is 4.42 Å². The number of likely N-dealkylation sites (N-methyl/N-ethyl adjacent to an activating group) is 1. The first-order valence-electron chi connectivity index (χ1n) is 7.57. The van der Waals surface area contributed by atoms with Crippen molar-refractivity contribution in [2.45, 2.75) is 26.3 Å². The lowest BCUT2D eigenvalue weighted by Crippen LogP contribution is -2.27. The van der Waals surface area contributed by atoms with Crippen LogP contribution in [0.25, 0.3) is 22.1 Å². The molecule has 2 aromatic carbocycles. The van der Waals surface area contributed by atoms with Crippen LogP contribution in [0.15, 0.2) is 59.0 Å². The summed E-state index contributed by atoms with van der Waals surface area (Å²) in [5.74, 6) is 1.98. The van der Waals surface area contributed by atoms with Crippen LogP contribution in [-0.4, -0.2) is 12.6 Å². The van der Waals surface area contributed by atoms with Gasteiger partial charge < -0.3 is 9.73 Å². The minimum atomic E-state index is 0.436. The van der Waals surface area contributed by atoms with Crippen LogP contribution in [0.5, 0.6) is 0 Å². The molecule has 0 amide bonds. The lowest BCUT2D eigenvalue weighted by atomic mass is 10.1. The average molecular weight is 279 g/mol. The third-order valence-corrected chi connectivity index (χ3v) is 3.76. The van der Waals surface area contributed by atoms with Gasteiger partial charge in [-0.05, 0) is 42.4 Å². The fourth-order valence-electron chi connectivity index (χ4n) is 2.71. The number of fused-ring (bicyclic) bond motifs is 1. The van der Waals surface area contributed by atoms with Crippen molar-refractivity contribution in [3.8, 4) is 11.3 Å². The average Bonchev–Trinajstić information content (AvgIpc) is 2.95. The van der Waals surface area contributed by atoms with E-state index in [2.05, 4.69) is 73.8 Å². The molecule has 0 radical (unpaired) electrons. The fourth-order valence-corrected chi connectivity index (χ4v) is 2.71. The molecule has 21 heavy (non-hydrogen) atoms. The van der Waals surface area contributed by atoms with Crippen LogP contribution in [0, 0.1) is 0 Å². The Morgan fingerprint density at radius 3 is 2.62 bits per heavy atom. The summed E-state index contributed by atoms with van der Waals surface area (Å²) in [5, 5.41) is 5.91. The monoisotopic (exact) mass is 279 g/mol. The topological polar surface area (TPSA) is 25.2 Å². The smallest absolute Gasteiger partial charge is 0.134 e. The van der Waals surface area contributed by atoms with Gasteiger partial charge in [0.1, 0.15) is 11.5 Å². The second kappa shape index (κ2) is 6.15. The van der Waals surface area contributed by atoms with Gasteiger partial charge in [-0.25, -0.2) is 0 Å². The van der Waals surface area contributed by atoms with E-state index in [1.165, 1.54) is 10.8 Å². The van der Waals surface area contributed by atoms with Gasteiger partial charge in [0.25, 0.3) is 0 Å². The molecule has 0 saturated heterocycles. The molecule has 1 atom stereocenters. The molecule has 2 heteroatoms. The lowest BCUT2D eigenvalue weighted by Gasteiger charge is -2.09. The molecule has 0 spiro atoms. The molecule has 3 aromatic rings. The van der Waals surface area contributed by atoms with Gasteiger partial charge in [-0.1, -0.05) is 43.3 Å². The third kappa shape index (κ3) is 3.17. The van der Waals surface area contributed by atoms with Crippen molar-refractivity contribution in [3.63, 3.8) is 0 Å². The molecule has 108 valence electrons. The maximum Gasteiger partial charge on any atom is 0.134 e. The highest BCUT2D eigenvalue weighted by Gasteiger charge is 2.08. The SMILES string of the molecule is CCNC(C)Cc1ccc(-c2ccc3ccccc3c2)o1. The van der Waals surface area contributed by atoms with Gasteiger partial charge in [-0.3, -0.25) is 0 Å². The summed E-state index contributed by atoms with van der Waals surface area (Å²) in [7, 11) is 0. The van der Waals surface area contributed by atoms with Crippen LogP contribution in [0.2, 0.25) is 0 Å². The van der Waals surface area contributed by atoms with Crippen LogP contribution >= 0.6 is 0 Å². The minimum Gasteiger partial charge on any atom is -0.461 e. The van der Waals surface area contributed by atoms with Gasteiger partial charge in [0.05, 0.1) is 0 Å². The molecular formula is C19H21NO. The Balaban J connectivity index is 1.84. The maximum atomic E-state index is 6.00. The number of hydrogen-bond acceptors (Lipinski definition) is 2. The molecule has 1 heterocycles. The van der Waals surface area contributed by atoms with Crippen LogP contribution in [-0.2, 0) is 6.42 Å². The van der Waals surface area contributed by atoms with E-state index in [0.717, 1.165) is 30.0 Å². The molecule has 0 aliphatic heterocycles. The van der Waals surface area contributed by atoms with E-state index in [9.17, 15) is 0 Å². The minimum absolute atomic E-state index is 0.436. The number of rotatable bonds is 5. The van der Waals surface area contributed by atoms with E-state index in [1.54, 1.807) is 0 Å². The number of benzene rings is 2. The van der Waals surface area contributed by atoms with Gasteiger partial charge in [0, 0.05) is 18.0 Å². The summed E-state index contributed by atoms with van der Waals surface area (Å²) in [6.07, 6.45) is 0.918. The van der Waals surface area contributed by atoms with E-state index < -0.39 is 0 Å². The first kappa shape index (κ1) is 13.9. The molecule has 3 rings (SSSR count). The standard InChI is InChI=1S/C19H21NO/c1-3-20-14(2)12-18-10-11-19(21-18)17-9-8-15-6-4-5-7-16(15)13-17/h4-11,13-14,20H,3,12H2,1-2H3. The molecular weight excluding hydrogens is 258 g/mol. The molecule has 0 aliphatic rings. The normalized spacial score (nSPS) is 12.7. The van der Waals surface area contributed by atoms with Gasteiger partial charge in [0.2, 0.25) is 0 Å². The molecule has 0 aliphatic carbocycles. The molecule has 2 nitrogen and oxygen atoms in total. The van der Waals surface area contributed by atoms with Crippen LogP contribution in [0.1, 0.15) is 19.6 Å². The van der Waals surface area contributed by atoms with Crippen molar-refractivity contribution in [1.82, 2.24) is 5.32 Å². The molecule has 0 fully saturated rings. The summed E-state index contributed by atoms with van der Waals surface area (Å²) in [4.78, 5) is 0. The largest absolute Gasteiger partial charge is 0.461 e. The first-order chi connectivity index (χ1) is 10.3. The Hall–Kier alpha value is -2.06. The lowest BCUT2D eigenvalue weighted by molar-refractivity contribution is 0.470. The van der Waals surface area contributed by atoms with Crippen molar-refractivity contribution in [1.29, 1.82) is 0 Å². The first-order valence-corrected chi connectivity index (χ1v) is 7.57. The number of furan rings is 1. The maximum absolute atomic E-state index is 6.00. The van der Waals surface area contributed by atoms with Crippen LogP contribution in [0.3, 0.4) is 0 Å². The Morgan fingerprint density at radius 1 is 1.00 bits per heavy atom. The summed E-state index contributed by atoms with van der Waals surface area (Å²) in [6, 6.07) is 19.4.